The van der Waals surface area contributed by atoms with Crippen molar-refractivity contribution in [3.05, 3.63) is 22.7 Å². The van der Waals surface area contributed by atoms with Crippen molar-refractivity contribution in [2.24, 2.45) is 7.05 Å². The van der Waals surface area contributed by atoms with Gasteiger partial charge in [0.1, 0.15) is 5.82 Å². The van der Waals surface area contributed by atoms with Gasteiger partial charge in [0.2, 0.25) is 0 Å². The van der Waals surface area contributed by atoms with E-state index < -0.39 is 0 Å². The fourth-order valence-corrected chi connectivity index (χ4v) is 0.957. The Morgan fingerprint density at radius 2 is 2.38 bits per heavy atom. The molecular weight excluding hydrogens is 166 g/mol. The lowest BCUT2D eigenvalue weighted by Crippen LogP contribution is -2.20. The van der Waals surface area contributed by atoms with Crippen LogP contribution in [0.1, 0.15) is 19.8 Å². The van der Waals surface area contributed by atoms with Crippen LogP contribution >= 0.6 is 0 Å². The summed E-state index contributed by atoms with van der Waals surface area (Å²) in [6, 6.07) is 1.80. The van der Waals surface area contributed by atoms with E-state index >= 15 is 0 Å². The standard InChI is InChI=1S/C9H15N3O/c1-3-4-6-10-8-5-7-12(2)9(13)11-8/h5,7H,3-4,6H2,1-2H3,(H,10,11,13). The van der Waals surface area contributed by atoms with Crippen LogP contribution in [0.4, 0.5) is 5.82 Å². The molecule has 1 N–H and O–H groups in total. The van der Waals surface area contributed by atoms with Crippen LogP contribution in [0.2, 0.25) is 0 Å². The van der Waals surface area contributed by atoms with Crippen molar-refractivity contribution < 1.29 is 0 Å². The maximum atomic E-state index is 11.1. The second-order valence-electron chi connectivity index (χ2n) is 2.99. The Balaban J connectivity index is 2.58. The second-order valence-corrected chi connectivity index (χ2v) is 2.99. The highest BCUT2D eigenvalue weighted by atomic mass is 16.1. The van der Waals surface area contributed by atoms with Crippen LogP contribution < -0.4 is 11.0 Å². The van der Waals surface area contributed by atoms with Crippen molar-refractivity contribution in [2.75, 3.05) is 11.9 Å². The molecule has 0 unspecified atom stereocenters. The van der Waals surface area contributed by atoms with Crippen molar-refractivity contribution in [1.29, 1.82) is 0 Å². The number of aromatic nitrogens is 2. The summed E-state index contributed by atoms with van der Waals surface area (Å²) in [6.45, 7) is 3.00. The van der Waals surface area contributed by atoms with Crippen LogP contribution in [0, 0.1) is 0 Å². The van der Waals surface area contributed by atoms with E-state index in [-0.39, 0.29) is 5.69 Å². The minimum absolute atomic E-state index is 0.221. The Morgan fingerprint density at radius 1 is 1.62 bits per heavy atom. The van der Waals surface area contributed by atoms with E-state index in [2.05, 4.69) is 17.2 Å². The molecule has 0 atom stereocenters. The van der Waals surface area contributed by atoms with E-state index in [1.165, 1.54) is 4.57 Å². The Bertz CT molecular complexity index is 319. The average Bonchev–Trinajstić information content (AvgIpc) is 2.12. The van der Waals surface area contributed by atoms with Crippen LogP contribution in [-0.2, 0) is 7.05 Å². The normalized spacial score (nSPS) is 10.0. The highest BCUT2D eigenvalue weighted by molar-refractivity contribution is 5.31. The van der Waals surface area contributed by atoms with E-state index in [1.807, 2.05) is 0 Å². The average molecular weight is 181 g/mol. The summed E-state index contributed by atoms with van der Waals surface area (Å²) in [5.74, 6) is 0.663. The monoisotopic (exact) mass is 181 g/mol. The van der Waals surface area contributed by atoms with Crippen LogP contribution in [-0.4, -0.2) is 16.1 Å². The Labute approximate surface area is 77.6 Å². The Kier molecular flexibility index (Phi) is 3.49. The fraction of sp³-hybridized carbons (Fsp3) is 0.556. The van der Waals surface area contributed by atoms with Gasteiger partial charge in [-0.15, -0.1) is 0 Å². The molecule has 0 saturated heterocycles. The molecule has 0 aliphatic carbocycles. The van der Waals surface area contributed by atoms with Gasteiger partial charge in [-0.05, 0) is 12.5 Å². The Hall–Kier alpha value is -1.32. The maximum Gasteiger partial charge on any atom is 0.349 e. The molecule has 0 spiro atoms. The summed E-state index contributed by atoms with van der Waals surface area (Å²) in [5.41, 5.74) is -0.221. The number of anilines is 1. The van der Waals surface area contributed by atoms with Gasteiger partial charge in [0.15, 0.2) is 0 Å². The molecule has 0 radical (unpaired) electrons. The lowest BCUT2D eigenvalue weighted by molar-refractivity contribution is 0.797. The number of nitrogens with zero attached hydrogens (tertiary/aromatic N) is 2. The third-order valence-electron chi connectivity index (χ3n) is 1.81. The first-order chi connectivity index (χ1) is 6.24. The highest BCUT2D eigenvalue weighted by Crippen LogP contribution is 1.97. The molecular formula is C9H15N3O. The molecule has 0 amide bonds. The molecule has 1 aromatic heterocycles. The van der Waals surface area contributed by atoms with E-state index in [9.17, 15) is 4.79 Å². The number of nitrogens with one attached hydrogen (secondary N) is 1. The van der Waals surface area contributed by atoms with Crippen LogP contribution in [0.5, 0.6) is 0 Å². The van der Waals surface area contributed by atoms with Gasteiger partial charge in [0, 0.05) is 19.8 Å². The van der Waals surface area contributed by atoms with Crippen molar-refractivity contribution >= 4 is 5.82 Å². The lowest BCUT2D eigenvalue weighted by Gasteiger charge is -2.03. The second kappa shape index (κ2) is 4.64. The molecule has 13 heavy (non-hydrogen) atoms. The fourth-order valence-electron chi connectivity index (χ4n) is 0.957. The van der Waals surface area contributed by atoms with E-state index in [1.54, 1.807) is 19.3 Å². The number of unbranched alkanes of at least 4 members (excludes halogenated alkanes) is 1. The molecule has 72 valence electrons. The molecule has 0 bridgehead atoms. The zero-order valence-corrected chi connectivity index (χ0v) is 8.08. The van der Waals surface area contributed by atoms with Gasteiger partial charge in [-0.25, -0.2) is 4.79 Å². The SMILES string of the molecule is CCCCNc1ccn(C)c(=O)n1. The molecule has 0 saturated carbocycles. The number of rotatable bonds is 4. The smallest absolute Gasteiger partial charge is 0.349 e. The summed E-state index contributed by atoms with van der Waals surface area (Å²) < 4.78 is 1.45. The summed E-state index contributed by atoms with van der Waals surface area (Å²) >= 11 is 0. The summed E-state index contributed by atoms with van der Waals surface area (Å²) in [4.78, 5) is 14.9. The quantitative estimate of drug-likeness (QED) is 0.705. The molecule has 4 nitrogen and oxygen atoms in total. The molecule has 4 heteroatoms. The summed E-state index contributed by atoms with van der Waals surface area (Å²) in [6.07, 6.45) is 3.94. The first-order valence-corrected chi connectivity index (χ1v) is 4.51. The van der Waals surface area contributed by atoms with Crippen LogP contribution in [0.15, 0.2) is 17.1 Å². The molecule has 1 aromatic rings. The third kappa shape index (κ3) is 2.89. The van der Waals surface area contributed by atoms with Gasteiger partial charge >= 0.3 is 5.69 Å². The first kappa shape index (κ1) is 9.77. The van der Waals surface area contributed by atoms with Gasteiger partial charge in [-0.1, -0.05) is 13.3 Å². The predicted octanol–water partition coefficient (Wildman–Crippen LogP) is 0.992. The number of hydrogen-bond donors (Lipinski definition) is 1. The molecule has 0 fully saturated rings. The van der Waals surface area contributed by atoms with E-state index in [4.69, 9.17) is 0 Å². The third-order valence-corrected chi connectivity index (χ3v) is 1.81. The number of aryl methyl sites for hydroxylation is 1. The maximum absolute atomic E-state index is 11.1. The van der Waals surface area contributed by atoms with Gasteiger partial charge in [0.25, 0.3) is 0 Å². The minimum Gasteiger partial charge on any atom is -0.370 e. The molecule has 1 heterocycles. The van der Waals surface area contributed by atoms with Gasteiger partial charge in [0.05, 0.1) is 0 Å². The zero-order chi connectivity index (χ0) is 9.68. The number of hydrogen-bond acceptors (Lipinski definition) is 3. The minimum atomic E-state index is -0.221. The zero-order valence-electron chi connectivity index (χ0n) is 8.08. The predicted molar refractivity (Wildman–Crippen MR) is 52.9 cm³/mol. The molecule has 0 aliphatic heterocycles. The summed E-state index contributed by atoms with van der Waals surface area (Å²) in [7, 11) is 1.69. The van der Waals surface area contributed by atoms with E-state index in [0.29, 0.717) is 5.82 Å². The van der Waals surface area contributed by atoms with Crippen molar-refractivity contribution in [3.63, 3.8) is 0 Å². The van der Waals surface area contributed by atoms with Gasteiger partial charge < -0.3 is 9.88 Å². The molecule has 1 rings (SSSR count). The topological polar surface area (TPSA) is 46.9 Å². The summed E-state index contributed by atoms with van der Waals surface area (Å²) in [5, 5.41) is 3.09. The van der Waals surface area contributed by atoms with Crippen molar-refractivity contribution in [3.8, 4) is 0 Å². The first-order valence-electron chi connectivity index (χ1n) is 4.51. The van der Waals surface area contributed by atoms with Gasteiger partial charge in [-0.2, -0.15) is 4.98 Å². The molecule has 0 aliphatic rings. The lowest BCUT2D eigenvalue weighted by atomic mass is 10.3. The van der Waals surface area contributed by atoms with Crippen molar-refractivity contribution in [2.45, 2.75) is 19.8 Å². The molecule has 0 aromatic carbocycles. The van der Waals surface area contributed by atoms with Crippen LogP contribution in [0.25, 0.3) is 0 Å². The van der Waals surface area contributed by atoms with Gasteiger partial charge in [-0.3, -0.25) is 0 Å². The Morgan fingerprint density at radius 3 is 3.00 bits per heavy atom. The van der Waals surface area contributed by atoms with E-state index in [0.717, 1.165) is 19.4 Å². The largest absolute Gasteiger partial charge is 0.370 e. The van der Waals surface area contributed by atoms with Crippen molar-refractivity contribution in [1.82, 2.24) is 9.55 Å². The highest BCUT2D eigenvalue weighted by Gasteiger charge is 1.94. The van der Waals surface area contributed by atoms with Crippen LogP contribution in [0.3, 0.4) is 0 Å².